The van der Waals surface area contributed by atoms with Crippen LogP contribution < -0.4 is 5.32 Å². The molecule has 7 heteroatoms. The van der Waals surface area contributed by atoms with E-state index >= 15 is 0 Å². The van der Waals surface area contributed by atoms with Crippen LogP contribution in [0.4, 0.5) is 0 Å². The maximum atomic E-state index is 11.7. The van der Waals surface area contributed by atoms with Gasteiger partial charge in [0.05, 0.1) is 0 Å². The highest BCUT2D eigenvalue weighted by Gasteiger charge is 2.58. The monoisotopic (exact) mass is 229 g/mol. The number of Topliss-reactive ketones (excluding diaryl/α,β-unsaturated/α-hetero) is 1. The van der Waals surface area contributed by atoms with Crippen LogP contribution in [0.2, 0.25) is 0 Å². The number of carbonyl (C=O) groups excluding carboxylic acids is 2. The van der Waals surface area contributed by atoms with E-state index in [-0.39, 0.29) is 0 Å². The van der Waals surface area contributed by atoms with Crippen molar-refractivity contribution in [3.63, 3.8) is 0 Å². The Balaban J connectivity index is 3.14. The average Bonchev–Trinajstić information content (AvgIpc) is 2.94. The van der Waals surface area contributed by atoms with E-state index in [9.17, 15) is 19.2 Å². The summed E-state index contributed by atoms with van der Waals surface area (Å²) in [6, 6.07) is 0. The fraction of sp³-hybridized carbons (Fsp3) is 0.556. The SMILES string of the molecule is CC(=O)NC(C(=O)O)(C(=O)O)C(=O)C1CC1. The molecule has 1 amide bonds. The van der Waals surface area contributed by atoms with Crippen LogP contribution in [0.1, 0.15) is 19.8 Å². The first-order valence-corrected chi connectivity index (χ1v) is 4.62. The number of carboxylic acids is 2. The molecule has 3 N–H and O–H groups in total. The van der Waals surface area contributed by atoms with Crippen molar-refractivity contribution < 1.29 is 29.4 Å². The summed E-state index contributed by atoms with van der Waals surface area (Å²) in [5.41, 5.74) is -2.84. The Kier molecular flexibility index (Phi) is 2.97. The molecule has 0 bridgehead atoms. The van der Waals surface area contributed by atoms with Crippen LogP contribution in [0.25, 0.3) is 0 Å². The zero-order valence-corrected chi connectivity index (χ0v) is 8.52. The summed E-state index contributed by atoms with van der Waals surface area (Å²) in [6.07, 6.45) is 0.918. The normalized spacial score (nSPS) is 15.3. The molecule has 88 valence electrons. The van der Waals surface area contributed by atoms with Crippen molar-refractivity contribution >= 4 is 23.6 Å². The third kappa shape index (κ3) is 1.88. The number of rotatable bonds is 5. The first-order chi connectivity index (χ1) is 7.32. The smallest absolute Gasteiger partial charge is 0.349 e. The quantitative estimate of drug-likeness (QED) is 0.520. The minimum absolute atomic E-state index is 0.459. The van der Waals surface area contributed by atoms with Crippen LogP contribution in [0.3, 0.4) is 0 Å². The number of aliphatic carboxylic acids is 2. The highest BCUT2D eigenvalue weighted by atomic mass is 16.4. The molecule has 7 nitrogen and oxygen atoms in total. The zero-order chi connectivity index (χ0) is 12.5. The molecule has 0 radical (unpaired) electrons. The fourth-order valence-corrected chi connectivity index (χ4v) is 1.39. The minimum Gasteiger partial charge on any atom is -0.479 e. The van der Waals surface area contributed by atoms with Crippen molar-refractivity contribution in [3.8, 4) is 0 Å². The lowest BCUT2D eigenvalue weighted by atomic mass is 9.90. The van der Waals surface area contributed by atoms with Gasteiger partial charge < -0.3 is 15.5 Å². The van der Waals surface area contributed by atoms with Gasteiger partial charge in [0.25, 0.3) is 5.54 Å². The summed E-state index contributed by atoms with van der Waals surface area (Å²) in [5, 5.41) is 19.5. The standard InChI is InChI=1S/C9H11NO6/c1-4(11)10-9(7(13)14,8(15)16)6(12)5-2-3-5/h5H,2-3H2,1H3,(H,10,11)(H,13,14)(H,15,16). The summed E-state index contributed by atoms with van der Waals surface area (Å²) in [4.78, 5) is 44.4. The Hall–Kier alpha value is -1.92. The van der Waals surface area contributed by atoms with Crippen molar-refractivity contribution in [2.24, 2.45) is 5.92 Å². The number of nitrogens with one attached hydrogen (secondary N) is 1. The predicted molar refractivity (Wildman–Crippen MR) is 49.6 cm³/mol. The molecule has 0 saturated heterocycles. The molecule has 1 saturated carbocycles. The van der Waals surface area contributed by atoms with Crippen LogP contribution in [-0.4, -0.2) is 39.4 Å². The Morgan fingerprint density at radius 1 is 1.12 bits per heavy atom. The second-order valence-electron chi connectivity index (χ2n) is 3.68. The Morgan fingerprint density at radius 3 is 1.81 bits per heavy atom. The second-order valence-corrected chi connectivity index (χ2v) is 3.68. The molecule has 1 fully saturated rings. The predicted octanol–water partition coefficient (Wildman–Crippen LogP) is -0.990. The molecule has 0 aromatic heterocycles. The first kappa shape index (κ1) is 12.2. The molecule has 0 heterocycles. The molecule has 0 unspecified atom stereocenters. The van der Waals surface area contributed by atoms with Crippen molar-refractivity contribution in [2.45, 2.75) is 25.3 Å². The molecule has 16 heavy (non-hydrogen) atoms. The lowest BCUT2D eigenvalue weighted by molar-refractivity contribution is -0.165. The van der Waals surface area contributed by atoms with Gasteiger partial charge in [0, 0.05) is 12.8 Å². The first-order valence-electron chi connectivity index (χ1n) is 4.62. The van der Waals surface area contributed by atoms with E-state index in [1.165, 1.54) is 0 Å². The third-order valence-electron chi connectivity index (χ3n) is 2.32. The highest BCUT2D eigenvalue weighted by Crippen LogP contribution is 2.34. The number of carbonyl (C=O) groups is 4. The van der Waals surface area contributed by atoms with Crippen molar-refractivity contribution in [2.75, 3.05) is 0 Å². The topological polar surface area (TPSA) is 121 Å². The summed E-state index contributed by atoms with van der Waals surface area (Å²) in [5.74, 6) is -6.17. The van der Waals surface area contributed by atoms with E-state index < -0.39 is 35.1 Å². The van der Waals surface area contributed by atoms with Crippen LogP contribution in [0.5, 0.6) is 0 Å². The molecule has 1 aliphatic rings. The molecule has 0 atom stereocenters. The molecule has 0 aromatic carbocycles. The van der Waals surface area contributed by atoms with Crippen molar-refractivity contribution in [3.05, 3.63) is 0 Å². The Bertz CT molecular complexity index is 356. The summed E-state index contributed by atoms with van der Waals surface area (Å²) in [6.45, 7) is 0.959. The van der Waals surface area contributed by atoms with Crippen LogP contribution in [-0.2, 0) is 19.2 Å². The van der Waals surface area contributed by atoms with E-state index in [1.54, 1.807) is 5.32 Å². The van der Waals surface area contributed by atoms with Crippen LogP contribution in [0.15, 0.2) is 0 Å². The summed E-state index contributed by atoms with van der Waals surface area (Å²) < 4.78 is 0. The number of carboxylic acid groups (broad SMARTS) is 2. The minimum atomic E-state index is -2.84. The molecule has 0 aliphatic heterocycles. The van der Waals surface area contributed by atoms with Gasteiger partial charge in [0.1, 0.15) is 0 Å². The maximum Gasteiger partial charge on any atom is 0.349 e. The molecular weight excluding hydrogens is 218 g/mol. The zero-order valence-electron chi connectivity index (χ0n) is 8.52. The summed E-state index contributed by atoms with van der Waals surface area (Å²) in [7, 11) is 0. The van der Waals surface area contributed by atoms with E-state index in [2.05, 4.69) is 0 Å². The van der Waals surface area contributed by atoms with Gasteiger partial charge in [-0.25, -0.2) is 9.59 Å². The maximum absolute atomic E-state index is 11.7. The molecule has 0 spiro atoms. The van der Waals surface area contributed by atoms with Gasteiger partial charge in [-0.05, 0) is 12.8 Å². The Labute approximate surface area is 90.4 Å². The average molecular weight is 229 g/mol. The van der Waals surface area contributed by atoms with Gasteiger partial charge in [-0.15, -0.1) is 0 Å². The molecular formula is C9H11NO6. The highest BCUT2D eigenvalue weighted by molar-refractivity contribution is 6.27. The van der Waals surface area contributed by atoms with Gasteiger partial charge in [-0.3, -0.25) is 9.59 Å². The number of ketones is 1. The van der Waals surface area contributed by atoms with Crippen LogP contribution in [0, 0.1) is 5.92 Å². The van der Waals surface area contributed by atoms with Crippen molar-refractivity contribution in [1.82, 2.24) is 5.32 Å². The second kappa shape index (κ2) is 3.92. The Morgan fingerprint density at radius 2 is 1.56 bits per heavy atom. The number of hydrogen-bond donors (Lipinski definition) is 3. The van der Waals surface area contributed by atoms with Gasteiger partial charge >= 0.3 is 11.9 Å². The lowest BCUT2D eigenvalue weighted by Crippen LogP contribution is -2.65. The summed E-state index contributed by atoms with van der Waals surface area (Å²) >= 11 is 0. The van der Waals surface area contributed by atoms with Crippen molar-refractivity contribution in [1.29, 1.82) is 0 Å². The molecule has 0 aromatic rings. The van der Waals surface area contributed by atoms with Crippen LogP contribution >= 0.6 is 0 Å². The third-order valence-corrected chi connectivity index (χ3v) is 2.32. The molecule has 1 rings (SSSR count). The lowest BCUT2D eigenvalue weighted by Gasteiger charge is -2.23. The van der Waals surface area contributed by atoms with Gasteiger partial charge in [-0.1, -0.05) is 0 Å². The number of amides is 1. The number of hydrogen-bond acceptors (Lipinski definition) is 4. The fourth-order valence-electron chi connectivity index (χ4n) is 1.39. The van der Waals surface area contributed by atoms with E-state index in [0.717, 1.165) is 6.92 Å². The van der Waals surface area contributed by atoms with E-state index in [0.29, 0.717) is 12.8 Å². The van der Waals surface area contributed by atoms with Gasteiger partial charge in [-0.2, -0.15) is 0 Å². The van der Waals surface area contributed by atoms with Gasteiger partial charge in [0.2, 0.25) is 5.91 Å². The molecule has 1 aliphatic carbocycles. The largest absolute Gasteiger partial charge is 0.479 e. The van der Waals surface area contributed by atoms with Gasteiger partial charge in [0.15, 0.2) is 5.78 Å². The van der Waals surface area contributed by atoms with E-state index in [1.807, 2.05) is 0 Å². The van der Waals surface area contributed by atoms with E-state index in [4.69, 9.17) is 10.2 Å².